The van der Waals surface area contributed by atoms with E-state index in [9.17, 15) is 9.90 Å². The molecule has 4 heteroatoms. The van der Waals surface area contributed by atoms with Crippen molar-refractivity contribution in [3.63, 3.8) is 0 Å². The van der Waals surface area contributed by atoms with Gasteiger partial charge >= 0.3 is 5.97 Å². The number of carboxylic acid groups (broad SMARTS) is 1. The fourth-order valence-electron chi connectivity index (χ4n) is 2.67. The summed E-state index contributed by atoms with van der Waals surface area (Å²) in [5, 5.41) is 9.19. The van der Waals surface area contributed by atoms with Crippen LogP contribution >= 0.6 is 0 Å². The van der Waals surface area contributed by atoms with Gasteiger partial charge in [0, 0.05) is 13.1 Å². The van der Waals surface area contributed by atoms with Gasteiger partial charge in [-0.15, -0.1) is 0 Å². The van der Waals surface area contributed by atoms with Crippen molar-refractivity contribution < 1.29 is 9.90 Å². The van der Waals surface area contributed by atoms with Crippen molar-refractivity contribution in [1.29, 1.82) is 0 Å². The Morgan fingerprint density at radius 1 is 1.42 bits per heavy atom. The molecule has 0 unspecified atom stereocenters. The summed E-state index contributed by atoms with van der Waals surface area (Å²) in [5.41, 5.74) is 2.68. The first-order valence-electron chi connectivity index (χ1n) is 6.79. The molecule has 0 aliphatic carbocycles. The van der Waals surface area contributed by atoms with Crippen molar-refractivity contribution >= 4 is 5.97 Å². The number of fused-ring (bicyclic) bond motifs is 1. The highest BCUT2D eigenvalue weighted by Gasteiger charge is 2.20. The SMILES string of the molecule is CN(C)CCCN1CCc2c(cccc2C(=O)O)C1. The maximum absolute atomic E-state index is 11.2. The summed E-state index contributed by atoms with van der Waals surface area (Å²) in [7, 11) is 4.18. The van der Waals surface area contributed by atoms with Gasteiger partial charge in [0.15, 0.2) is 0 Å². The third-order valence-electron chi connectivity index (χ3n) is 3.66. The molecule has 2 rings (SSSR count). The minimum atomic E-state index is -0.807. The number of benzene rings is 1. The largest absolute Gasteiger partial charge is 0.478 e. The number of aromatic carboxylic acids is 1. The molecule has 1 aliphatic heterocycles. The molecule has 1 aromatic carbocycles. The third kappa shape index (κ3) is 3.55. The maximum Gasteiger partial charge on any atom is 0.335 e. The van der Waals surface area contributed by atoms with E-state index in [0.717, 1.165) is 44.6 Å². The summed E-state index contributed by atoms with van der Waals surface area (Å²) in [6.45, 7) is 4.02. The molecule has 1 aromatic rings. The third-order valence-corrected chi connectivity index (χ3v) is 3.66. The Labute approximate surface area is 114 Å². The molecule has 0 fully saturated rings. The first kappa shape index (κ1) is 14.0. The van der Waals surface area contributed by atoms with Crippen molar-refractivity contribution in [2.45, 2.75) is 19.4 Å². The molecular weight excluding hydrogens is 240 g/mol. The summed E-state index contributed by atoms with van der Waals surface area (Å²) in [6.07, 6.45) is 2.00. The Morgan fingerprint density at radius 2 is 2.21 bits per heavy atom. The average molecular weight is 262 g/mol. The summed E-state index contributed by atoms with van der Waals surface area (Å²) >= 11 is 0. The van der Waals surface area contributed by atoms with Crippen LogP contribution in [0, 0.1) is 0 Å². The van der Waals surface area contributed by atoms with Crippen LogP contribution in [0.1, 0.15) is 27.9 Å². The highest BCUT2D eigenvalue weighted by molar-refractivity contribution is 5.89. The molecule has 0 spiro atoms. The zero-order valence-electron chi connectivity index (χ0n) is 11.7. The van der Waals surface area contributed by atoms with Gasteiger partial charge in [0.2, 0.25) is 0 Å². The van der Waals surface area contributed by atoms with Crippen LogP contribution in [-0.4, -0.2) is 54.6 Å². The van der Waals surface area contributed by atoms with E-state index in [1.807, 2.05) is 6.07 Å². The van der Waals surface area contributed by atoms with E-state index < -0.39 is 5.97 Å². The van der Waals surface area contributed by atoms with Gasteiger partial charge in [0.25, 0.3) is 0 Å². The van der Waals surface area contributed by atoms with Gasteiger partial charge in [0.1, 0.15) is 0 Å². The van der Waals surface area contributed by atoms with Gasteiger partial charge < -0.3 is 10.0 Å². The molecule has 19 heavy (non-hydrogen) atoms. The van der Waals surface area contributed by atoms with Crippen molar-refractivity contribution in [2.75, 3.05) is 33.7 Å². The Hall–Kier alpha value is -1.39. The van der Waals surface area contributed by atoms with Crippen LogP contribution in [0.15, 0.2) is 18.2 Å². The van der Waals surface area contributed by atoms with Gasteiger partial charge in [0.05, 0.1) is 5.56 Å². The molecule has 1 N–H and O–H groups in total. The Balaban J connectivity index is 2.00. The molecular formula is C15H22N2O2. The molecule has 0 aromatic heterocycles. The second kappa shape index (κ2) is 6.17. The van der Waals surface area contributed by atoms with E-state index in [4.69, 9.17) is 0 Å². The van der Waals surface area contributed by atoms with Gasteiger partial charge in [-0.1, -0.05) is 12.1 Å². The molecule has 0 saturated heterocycles. The lowest BCUT2D eigenvalue weighted by Crippen LogP contribution is -2.33. The van der Waals surface area contributed by atoms with E-state index >= 15 is 0 Å². The molecule has 0 radical (unpaired) electrons. The Bertz CT molecular complexity index is 457. The van der Waals surface area contributed by atoms with Crippen LogP contribution < -0.4 is 0 Å². The van der Waals surface area contributed by atoms with E-state index in [-0.39, 0.29) is 0 Å². The molecule has 104 valence electrons. The van der Waals surface area contributed by atoms with Crippen LogP contribution in [-0.2, 0) is 13.0 Å². The molecule has 1 aliphatic rings. The van der Waals surface area contributed by atoms with Crippen molar-refractivity contribution in [1.82, 2.24) is 9.80 Å². The van der Waals surface area contributed by atoms with Crippen molar-refractivity contribution in [2.24, 2.45) is 0 Å². The van der Waals surface area contributed by atoms with Crippen LogP contribution in [0.2, 0.25) is 0 Å². The standard InChI is InChI=1S/C15H22N2O2/c1-16(2)8-4-9-17-10-7-13-12(11-17)5-3-6-14(13)15(18)19/h3,5-6H,4,7-11H2,1-2H3,(H,18,19). The number of nitrogens with zero attached hydrogens (tertiary/aromatic N) is 2. The fourth-order valence-corrected chi connectivity index (χ4v) is 2.67. The van der Waals surface area contributed by atoms with Crippen LogP contribution in [0.5, 0.6) is 0 Å². The van der Waals surface area contributed by atoms with E-state index in [2.05, 4.69) is 30.0 Å². The number of hydrogen-bond acceptors (Lipinski definition) is 3. The summed E-state index contributed by atoms with van der Waals surface area (Å²) in [4.78, 5) is 15.8. The average Bonchev–Trinajstić information content (AvgIpc) is 2.37. The lowest BCUT2D eigenvalue weighted by Gasteiger charge is -2.29. The molecule has 1 heterocycles. The summed E-state index contributed by atoms with van der Waals surface area (Å²) in [5.74, 6) is -0.807. The first-order chi connectivity index (χ1) is 9.08. The lowest BCUT2D eigenvalue weighted by atomic mass is 9.94. The second-order valence-electron chi connectivity index (χ2n) is 5.43. The van der Waals surface area contributed by atoms with Crippen LogP contribution in [0.25, 0.3) is 0 Å². The highest BCUT2D eigenvalue weighted by Crippen LogP contribution is 2.22. The predicted octanol–water partition coefficient (Wildman–Crippen LogP) is 1.69. The summed E-state index contributed by atoms with van der Waals surface area (Å²) in [6, 6.07) is 5.62. The second-order valence-corrected chi connectivity index (χ2v) is 5.43. The quantitative estimate of drug-likeness (QED) is 0.877. The van der Waals surface area contributed by atoms with Gasteiger partial charge in [-0.3, -0.25) is 4.90 Å². The Morgan fingerprint density at radius 3 is 2.89 bits per heavy atom. The van der Waals surface area contributed by atoms with Crippen molar-refractivity contribution in [3.8, 4) is 0 Å². The molecule has 0 atom stereocenters. The topological polar surface area (TPSA) is 43.8 Å². The normalized spacial score (nSPS) is 15.5. The zero-order valence-corrected chi connectivity index (χ0v) is 11.7. The van der Waals surface area contributed by atoms with Gasteiger partial charge in [-0.2, -0.15) is 0 Å². The predicted molar refractivity (Wildman–Crippen MR) is 75.6 cm³/mol. The summed E-state index contributed by atoms with van der Waals surface area (Å²) < 4.78 is 0. The van der Waals surface area contributed by atoms with E-state index in [0.29, 0.717) is 5.56 Å². The number of rotatable bonds is 5. The minimum Gasteiger partial charge on any atom is -0.478 e. The van der Waals surface area contributed by atoms with Crippen molar-refractivity contribution in [3.05, 3.63) is 34.9 Å². The lowest BCUT2D eigenvalue weighted by molar-refractivity contribution is 0.0694. The van der Waals surface area contributed by atoms with Crippen LogP contribution in [0.4, 0.5) is 0 Å². The zero-order chi connectivity index (χ0) is 13.8. The Kier molecular flexibility index (Phi) is 4.56. The molecule has 0 saturated carbocycles. The van der Waals surface area contributed by atoms with E-state index in [1.54, 1.807) is 6.07 Å². The monoisotopic (exact) mass is 262 g/mol. The first-order valence-corrected chi connectivity index (χ1v) is 6.79. The minimum absolute atomic E-state index is 0.477. The maximum atomic E-state index is 11.2. The van der Waals surface area contributed by atoms with Gasteiger partial charge in [-0.25, -0.2) is 4.79 Å². The fraction of sp³-hybridized carbons (Fsp3) is 0.533. The van der Waals surface area contributed by atoms with Crippen LogP contribution in [0.3, 0.4) is 0 Å². The highest BCUT2D eigenvalue weighted by atomic mass is 16.4. The number of carbonyl (C=O) groups is 1. The molecule has 4 nitrogen and oxygen atoms in total. The smallest absolute Gasteiger partial charge is 0.335 e. The molecule has 0 bridgehead atoms. The van der Waals surface area contributed by atoms with Gasteiger partial charge in [-0.05, 0) is 57.2 Å². The number of hydrogen-bond donors (Lipinski definition) is 1. The van der Waals surface area contributed by atoms with E-state index in [1.165, 1.54) is 5.56 Å². The molecule has 0 amide bonds. The number of carboxylic acids is 1.